The lowest BCUT2D eigenvalue weighted by Crippen LogP contribution is -2.60. The highest BCUT2D eigenvalue weighted by Gasteiger charge is 2.49. The van der Waals surface area contributed by atoms with Crippen LogP contribution in [0.15, 0.2) is 63.8 Å². The summed E-state index contributed by atoms with van der Waals surface area (Å²) >= 11 is 0. The lowest BCUT2D eigenvalue weighted by Gasteiger charge is -2.42. The number of aromatic hydroxyl groups is 3. The second-order valence-corrected chi connectivity index (χ2v) is 13.2. The summed E-state index contributed by atoms with van der Waals surface area (Å²) in [5.41, 5.74) is -0.945. The van der Waals surface area contributed by atoms with E-state index in [1.54, 1.807) is 0 Å². The van der Waals surface area contributed by atoms with Gasteiger partial charge in [-0.25, -0.2) is 4.79 Å². The maximum Gasteiger partial charge on any atom is 0.330 e. The predicted molar refractivity (Wildman–Crippen MR) is 192 cm³/mol. The molecule has 0 amide bonds. The normalized spacial score (nSPS) is 27.7. The molecule has 0 spiro atoms. The molecular weight excluding hydrogens is 760 g/mol. The van der Waals surface area contributed by atoms with Gasteiger partial charge >= 0.3 is 5.97 Å². The first kappa shape index (κ1) is 41.2. The SMILES string of the molecule is COc1cc(C=CC(=O)OC[C@H]2O[C@@H](Oc3cc4oc(-c5ccc(O)cc5)cc(=O)c4c(O)c3[C@@H]3O[C@H](CO)[C@@H](O)[C@H](O)[C@H]3O)[C@H](O)[C@@H](O)[C@@H]2O)cc(OC)c1O. The van der Waals surface area contributed by atoms with Gasteiger partial charge in [0.15, 0.2) is 16.9 Å². The van der Waals surface area contributed by atoms with E-state index in [1.165, 1.54) is 56.7 Å². The number of esters is 1. The van der Waals surface area contributed by atoms with Crippen LogP contribution in [0.5, 0.6) is 34.5 Å². The number of ether oxygens (including phenoxy) is 6. The van der Waals surface area contributed by atoms with Gasteiger partial charge in [-0.1, -0.05) is 0 Å². The average Bonchev–Trinajstić information content (AvgIpc) is 3.19. The summed E-state index contributed by atoms with van der Waals surface area (Å²) in [5.74, 6) is -2.60. The molecule has 19 nitrogen and oxygen atoms in total. The van der Waals surface area contributed by atoms with Crippen LogP contribution in [0.4, 0.5) is 0 Å². The Hall–Kier alpha value is -5.48. The highest BCUT2D eigenvalue weighted by atomic mass is 16.7. The Labute approximate surface area is 321 Å². The molecule has 306 valence electrons. The first-order valence-electron chi connectivity index (χ1n) is 17.3. The zero-order valence-electron chi connectivity index (χ0n) is 30.1. The topological polar surface area (TPSA) is 305 Å². The number of aliphatic hydroxyl groups excluding tert-OH is 7. The number of methoxy groups -OCH3 is 2. The number of carbonyl (C=O) groups is 1. The number of aliphatic hydroxyl groups is 7. The maximum atomic E-state index is 13.5. The van der Waals surface area contributed by atoms with Crippen LogP contribution in [0.3, 0.4) is 0 Å². The van der Waals surface area contributed by atoms with Gasteiger partial charge in [0.2, 0.25) is 12.0 Å². The Balaban J connectivity index is 1.32. The van der Waals surface area contributed by atoms with Crippen molar-refractivity contribution in [2.45, 2.75) is 61.2 Å². The van der Waals surface area contributed by atoms with Crippen LogP contribution >= 0.6 is 0 Å². The molecule has 0 radical (unpaired) electrons. The van der Waals surface area contributed by atoms with Crippen LogP contribution in [0.25, 0.3) is 28.4 Å². The van der Waals surface area contributed by atoms with E-state index >= 15 is 0 Å². The Morgan fingerprint density at radius 2 is 1.39 bits per heavy atom. The summed E-state index contributed by atoms with van der Waals surface area (Å²) in [6.07, 6.45) is -16.1. The van der Waals surface area contributed by atoms with Crippen molar-refractivity contribution in [3.63, 3.8) is 0 Å². The van der Waals surface area contributed by atoms with Crippen molar-refractivity contribution in [2.24, 2.45) is 0 Å². The van der Waals surface area contributed by atoms with Crippen LogP contribution in [-0.2, 0) is 19.0 Å². The molecule has 57 heavy (non-hydrogen) atoms. The lowest BCUT2D eigenvalue weighted by molar-refractivity contribution is -0.279. The monoisotopic (exact) mass is 800 g/mol. The highest BCUT2D eigenvalue weighted by Crippen LogP contribution is 2.46. The number of carbonyl (C=O) groups excluding carboxylic acids is 1. The molecule has 0 unspecified atom stereocenters. The first-order valence-corrected chi connectivity index (χ1v) is 17.3. The fourth-order valence-electron chi connectivity index (χ4n) is 6.44. The molecule has 4 aromatic rings. The van der Waals surface area contributed by atoms with Crippen molar-refractivity contribution in [3.05, 3.63) is 76.0 Å². The minimum atomic E-state index is -2.03. The summed E-state index contributed by atoms with van der Waals surface area (Å²) in [6.45, 7) is -1.56. The Bertz CT molecular complexity index is 2140. The molecule has 19 heteroatoms. The smallest absolute Gasteiger partial charge is 0.330 e. The molecule has 2 fully saturated rings. The highest BCUT2D eigenvalue weighted by molar-refractivity contribution is 5.89. The second-order valence-electron chi connectivity index (χ2n) is 13.2. The average molecular weight is 801 g/mol. The van der Waals surface area contributed by atoms with Gasteiger partial charge in [0, 0.05) is 23.8 Å². The van der Waals surface area contributed by atoms with E-state index in [2.05, 4.69) is 0 Å². The van der Waals surface area contributed by atoms with Crippen LogP contribution < -0.4 is 19.6 Å². The van der Waals surface area contributed by atoms with E-state index in [-0.39, 0.29) is 34.3 Å². The molecule has 10 N–H and O–H groups in total. The van der Waals surface area contributed by atoms with Crippen LogP contribution in [-0.4, -0.2) is 140 Å². The summed E-state index contributed by atoms with van der Waals surface area (Å²) < 4.78 is 38.7. The van der Waals surface area contributed by atoms with Gasteiger partial charge in [0.1, 0.15) is 95.5 Å². The van der Waals surface area contributed by atoms with E-state index in [9.17, 15) is 60.7 Å². The number of hydrogen-bond acceptors (Lipinski definition) is 19. The van der Waals surface area contributed by atoms with Gasteiger partial charge < -0.3 is 83.9 Å². The van der Waals surface area contributed by atoms with E-state index in [1.807, 2.05) is 0 Å². The van der Waals surface area contributed by atoms with Crippen molar-refractivity contribution in [1.29, 1.82) is 0 Å². The zero-order chi connectivity index (χ0) is 41.3. The Morgan fingerprint density at radius 3 is 2.02 bits per heavy atom. The van der Waals surface area contributed by atoms with Crippen LogP contribution in [0.1, 0.15) is 17.2 Å². The fourth-order valence-corrected chi connectivity index (χ4v) is 6.44. The molecule has 2 aliphatic heterocycles. The molecule has 0 aliphatic carbocycles. The number of phenols is 3. The van der Waals surface area contributed by atoms with Crippen LogP contribution in [0, 0.1) is 0 Å². The minimum absolute atomic E-state index is 0.0226. The van der Waals surface area contributed by atoms with Crippen molar-refractivity contribution in [1.82, 2.24) is 0 Å². The van der Waals surface area contributed by atoms with E-state index in [0.29, 0.717) is 11.1 Å². The lowest BCUT2D eigenvalue weighted by atomic mass is 9.89. The van der Waals surface area contributed by atoms with Crippen molar-refractivity contribution >= 4 is 23.0 Å². The molecule has 3 aromatic carbocycles. The maximum absolute atomic E-state index is 13.5. The predicted octanol–water partition coefficient (Wildman–Crippen LogP) is -0.448. The molecule has 0 saturated carbocycles. The quantitative estimate of drug-likeness (QED) is 0.0679. The Morgan fingerprint density at radius 1 is 0.754 bits per heavy atom. The summed E-state index contributed by atoms with van der Waals surface area (Å²) in [6, 6.07) is 10.5. The van der Waals surface area contributed by atoms with Crippen molar-refractivity contribution < 1.29 is 88.7 Å². The summed E-state index contributed by atoms with van der Waals surface area (Å²) in [5, 5.41) is 105. The molecule has 6 rings (SSSR count). The number of rotatable bonds is 11. The van der Waals surface area contributed by atoms with Gasteiger partial charge in [-0.3, -0.25) is 4.79 Å². The number of benzene rings is 3. The third-order valence-corrected chi connectivity index (χ3v) is 9.54. The third-order valence-electron chi connectivity index (χ3n) is 9.54. The van der Waals surface area contributed by atoms with E-state index < -0.39 is 108 Å². The van der Waals surface area contributed by atoms with Crippen molar-refractivity contribution in [2.75, 3.05) is 27.4 Å². The number of phenolic OH excluding ortho intramolecular Hbond substituents is 3. The molecule has 10 atom stereocenters. The minimum Gasteiger partial charge on any atom is -0.508 e. The summed E-state index contributed by atoms with van der Waals surface area (Å²) in [7, 11) is 2.64. The van der Waals surface area contributed by atoms with Crippen molar-refractivity contribution in [3.8, 4) is 45.8 Å². The number of hydrogen-bond donors (Lipinski definition) is 10. The second kappa shape index (κ2) is 16.9. The first-order chi connectivity index (χ1) is 27.2. The van der Waals surface area contributed by atoms with Crippen LogP contribution in [0.2, 0.25) is 0 Å². The molecule has 3 heterocycles. The van der Waals surface area contributed by atoms with Gasteiger partial charge in [-0.05, 0) is 48.0 Å². The van der Waals surface area contributed by atoms with Gasteiger partial charge in [-0.2, -0.15) is 0 Å². The van der Waals surface area contributed by atoms with E-state index in [0.717, 1.165) is 18.2 Å². The fraction of sp³-hybridized carbons (Fsp3) is 0.368. The molecule has 2 saturated heterocycles. The standard InChI is InChI=1S/C38H40O19/c1-51-22-9-15(10-23(52-2)29(22)43)3-8-26(42)53-14-25-31(45)34(48)36(50)38(57-25)56-21-12-20-27(18(41)11-19(54-20)16-4-6-17(40)7-5-16)32(46)28(21)37-35(49)33(47)30(44)24(13-39)55-37/h3-12,24-25,30-31,33-40,43-50H,13-14H2,1-2H3/t24-,25-,30-,31-,33+,34+,35-,36-,37+,38-/m1/s1. The summed E-state index contributed by atoms with van der Waals surface area (Å²) in [4.78, 5) is 26.2. The number of fused-ring (bicyclic) bond motifs is 1. The van der Waals surface area contributed by atoms with E-state index in [4.69, 9.17) is 32.8 Å². The van der Waals surface area contributed by atoms with Gasteiger partial charge in [0.25, 0.3) is 0 Å². The molecule has 1 aromatic heterocycles. The Kier molecular flexibility index (Phi) is 12.2. The van der Waals surface area contributed by atoms with Gasteiger partial charge in [0.05, 0.1) is 26.4 Å². The third kappa shape index (κ3) is 8.19. The molecule has 0 bridgehead atoms. The van der Waals surface area contributed by atoms with Gasteiger partial charge in [-0.15, -0.1) is 0 Å². The zero-order valence-corrected chi connectivity index (χ0v) is 30.1. The largest absolute Gasteiger partial charge is 0.508 e. The molecule has 2 aliphatic rings. The molecular formula is C38H40O19.